The molecule has 0 saturated carbocycles. The lowest BCUT2D eigenvalue weighted by Gasteiger charge is -2.18. The maximum Gasteiger partial charge on any atom is 0.0766 e. The van der Waals surface area contributed by atoms with Crippen molar-refractivity contribution in [2.24, 2.45) is 0 Å². The van der Waals surface area contributed by atoms with Crippen molar-refractivity contribution in [3.05, 3.63) is 34.3 Å². The summed E-state index contributed by atoms with van der Waals surface area (Å²) in [5.74, 6) is 0.428. The zero-order valence-electron chi connectivity index (χ0n) is 9.63. The Balaban J connectivity index is 3.28. The summed E-state index contributed by atoms with van der Waals surface area (Å²) in [7, 11) is 0. The summed E-state index contributed by atoms with van der Waals surface area (Å²) < 4.78 is 0. The van der Waals surface area contributed by atoms with E-state index in [4.69, 9.17) is 16.9 Å². The van der Waals surface area contributed by atoms with E-state index in [1.807, 2.05) is 26.0 Å². The van der Waals surface area contributed by atoms with E-state index in [0.29, 0.717) is 10.9 Å². The second-order valence-corrected chi connectivity index (χ2v) is 5.10. The van der Waals surface area contributed by atoms with E-state index in [2.05, 4.69) is 26.0 Å². The van der Waals surface area contributed by atoms with Gasteiger partial charge in [-0.1, -0.05) is 31.5 Å². The third-order valence-electron chi connectivity index (χ3n) is 2.59. The van der Waals surface area contributed by atoms with Crippen LogP contribution >= 0.6 is 11.6 Å². The number of hydrogen-bond donors (Lipinski definition) is 0. The van der Waals surface area contributed by atoms with E-state index in [-0.39, 0.29) is 0 Å². The van der Waals surface area contributed by atoms with Gasteiger partial charge < -0.3 is 0 Å². The molecule has 0 N–H and O–H groups in total. The first-order valence-electron chi connectivity index (χ1n) is 5.09. The summed E-state index contributed by atoms with van der Waals surface area (Å²) in [5, 5.41) is 9.78. The quantitative estimate of drug-likeness (QED) is 0.732. The standard InChI is InChI=1S/C13H16ClN/c1-9(2)10-5-11(7-12(14)6-10)13(3,4)8-15/h5-7,9H,1-4H3. The monoisotopic (exact) mass is 221 g/mol. The summed E-state index contributed by atoms with van der Waals surface area (Å²) in [6.07, 6.45) is 0. The van der Waals surface area contributed by atoms with Gasteiger partial charge in [0.25, 0.3) is 0 Å². The van der Waals surface area contributed by atoms with Crippen molar-refractivity contribution in [3.63, 3.8) is 0 Å². The zero-order chi connectivity index (χ0) is 11.6. The topological polar surface area (TPSA) is 23.8 Å². The van der Waals surface area contributed by atoms with Gasteiger partial charge in [0.1, 0.15) is 0 Å². The van der Waals surface area contributed by atoms with Crippen LogP contribution in [0, 0.1) is 11.3 Å². The Morgan fingerprint density at radius 1 is 1.27 bits per heavy atom. The van der Waals surface area contributed by atoms with Gasteiger partial charge in [-0.2, -0.15) is 5.26 Å². The molecule has 0 unspecified atom stereocenters. The molecule has 2 heteroatoms. The Morgan fingerprint density at radius 3 is 2.33 bits per heavy atom. The van der Waals surface area contributed by atoms with Crippen LogP contribution in [0.1, 0.15) is 44.7 Å². The average molecular weight is 222 g/mol. The number of nitrogens with zero attached hydrogens (tertiary/aromatic N) is 1. The second kappa shape index (κ2) is 4.24. The molecule has 80 valence electrons. The molecule has 1 nitrogen and oxygen atoms in total. The maximum absolute atomic E-state index is 9.07. The fourth-order valence-electron chi connectivity index (χ4n) is 1.37. The first-order chi connectivity index (χ1) is 6.86. The molecule has 0 aliphatic carbocycles. The highest BCUT2D eigenvalue weighted by Gasteiger charge is 2.21. The van der Waals surface area contributed by atoms with Crippen molar-refractivity contribution >= 4 is 11.6 Å². The van der Waals surface area contributed by atoms with Crippen LogP contribution in [-0.2, 0) is 5.41 Å². The van der Waals surface area contributed by atoms with Gasteiger partial charge in [-0.3, -0.25) is 0 Å². The third kappa shape index (κ3) is 2.73. The Morgan fingerprint density at radius 2 is 1.87 bits per heavy atom. The first-order valence-corrected chi connectivity index (χ1v) is 5.47. The predicted molar refractivity (Wildman–Crippen MR) is 64.2 cm³/mol. The molecule has 0 saturated heterocycles. The molecule has 15 heavy (non-hydrogen) atoms. The van der Waals surface area contributed by atoms with Crippen molar-refractivity contribution in [3.8, 4) is 6.07 Å². The maximum atomic E-state index is 9.07. The number of rotatable bonds is 2. The van der Waals surface area contributed by atoms with Crippen molar-refractivity contribution < 1.29 is 0 Å². The Hall–Kier alpha value is -1.00. The van der Waals surface area contributed by atoms with Crippen molar-refractivity contribution in [1.82, 2.24) is 0 Å². The van der Waals surface area contributed by atoms with Crippen molar-refractivity contribution in [1.29, 1.82) is 5.26 Å². The largest absolute Gasteiger partial charge is 0.197 e. The van der Waals surface area contributed by atoms with Gasteiger partial charge in [0, 0.05) is 5.02 Å². The lowest BCUT2D eigenvalue weighted by molar-refractivity contribution is 0.683. The molecule has 0 bridgehead atoms. The third-order valence-corrected chi connectivity index (χ3v) is 2.81. The van der Waals surface area contributed by atoms with Crippen molar-refractivity contribution in [2.75, 3.05) is 0 Å². The highest BCUT2D eigenvalue weighted by atomic mass is 35.5. The highest BCUT2D eigenvalue weighted by Crippen LogP contribution is 2.29. The predicted octanol–water partition coefficient (Wildman–Crippen LogP) is 4.26. The molecular weight excluding hydrogens is 206 g/mol. The molecule has 1 aromatic rings. The fraction of sp³-hybridized carbons (Fsp3) is 0.462. The van der Waals surface area contributed by atoms with Crippen molar-refractivity contribution in [2.45, 2.75) is 39.0 Å². The highest BCUT2D eigenvalue weighted by molar-refractivity contribution is 6.30. The van der Waals surface area contributed by atoms with Gasteiger partial charge in [-0.15, -0.1) is 0 Å². The number of halogens is 1. The lowest BCUT2D eigenvalue weighted by atomic mass is 9.84. The Labute approximate surface area is 96.7 Å². The summed E-state index contributed by atoms with van der Waals surface area (Å²) in [4.78, 5) is 0. The lowest BCUT2D eigenvalue weighted by Crippen LogP contribution is -2.14. The molecule has 0 spiro atoms. The molecular formula is C13H16ClN. The zero-order valence-corrected chi connectivity index (χ0v) is 10.4. The van der Waals surface area contributed by atoms with Gasteiger partial charge in [0.2, 0.25) is 0 Å². The van der Waals surface area contributed by atoms with Gasteiger partial charge in [0.15, 0.2) is 0 Å². The average Bonchev–Trinajstić information content (AvgIpc) is 2.16. The summed E-state index contributed by atoms with van der Waals surface area (Å²) in [6, 6.07) is 8.19. The van der Waals surface area contributed by atoms with E-state index in [0.717, 1.165) is 5.56 Å². The van der Waals surface area contributed by atoms with E-state index < -0.39 is 5.41 Å². The molecule has 0 atom stereocenters. The molecule has 0 aromatic heterocycles. The Bertz CT molecular complexity index is 399. The van der Waals surface area contributed by atoms with Crippen LogP contribution in [0.15, 0.2) is 18.2 Å². The van der Waals surface area contributed by atoms with Crippen LogP contribution < -0.4 is 0 Å². The molecule has 0 fully saturated rings. The molecule has 0 aliphatic rings. The van der Waals surface area contributed by atoms with E-state index in [9.17, 15) is 0 Å². The van der Waals surface area contributed by atoms with E-state index in [1.54, 1.807) is 0 Å². The van der Waals surface area contributed by atoms with Crippen LogP contribution in [0.25, 0.3) is 0 Å². The normalized spacial score (nSPS) is 11.5. The van der Waals surface area contributed by atoms with Crippen LogP contribution in [0.2, 0.25) is 5.02 Å². The number of benzene rings is 1. The van der Waals surface area contributed by atoms with Gasteiger partial charge in [0.05, 0.1) is 11.5 Å². The van der Waals surface area contributed by atoms with E-state index in [1.165, 1.54) is 5.56 Å². The van der Waals surface area contributed by atoms with Gasteiger partial charge in [-0.25, -0.2) is 0 Å². The molecule has 1 rings (SSSR count). The minimum absolute atomic E-state index is 0.428. The summed E-state index contributed by atoms with van der Waals surface area (Å²) in [6.45, 7) is 8.05. The molecule has 0 amide bonds. The fourth-order valence-corrected chi connectivity index (χ4v) is 1.61. The number of nitriles is 1. The molecule has 1 aromatic carbocycles. The molecule has 0 radical (unpaired) electrons. The summed E-state index contributed by atoms with van der Waals surface area (Å²) in [5.41, 5.74) is 1.69. The smallest absolute Gasteiger partial charge is 0.0766 e. The second-order valence-electron chi connectivity index (χ2n) is 4.66. The molecule has 0 aliphatic heterocycles. The van der Waals surface area contributed by atoms with E-state index >= 15 is 0 Å². The summed E-state index contributed by atoms with van der Waals surface area (Å²) >= 11 is 6.05. The Kier molecular flexibility index (Phi) is 3.42. The van der Waals surface area contributed by atoms with Crippen LogP contribution in [-0.4, -0.2) is 0 Å². The van der Waals surface area contributed by atoms with Gasteiger partial charge in [-0.05, 0) is 43.0 Å². The minimum atomic E-state index is -0.478. The minimum Gasteiger partial charge on any atom is -0.197 e. The van der Waals surface area contributed by atoms with Crippen LogP contribution in [0.5, 0.6) is 0 Å². The van der Waals surface area contributed by atoms with Crippen LogP contribution in [0.4, 0.5) is 0 Å². The van der Waals surface area contributed by atoms with Crippen LogP contribution in [0.3, 0.4) is 0 Å². The van der Waals surface area contributed by atoms with Gasteiger partial charge >= 0.3 is 0 Å². The number of hydrogen-bond acceptors (Lipinski definition) is 1. The molecule has 0 heterocycles. The first kappa shape index (κ1) is 12.1. The SMILES string of the molecule is CC(C)c1cc(Cl)cc(C(C)(C)C#N)c1.